The molecule has 3 atom stereocenters. The van der Waals surface area contributed by atoms with E-state index in [0.29, 0.717) is 12.2 Å². The van der Waals surface area contributed by atoms with Crippen LogP contribution in [0.4, 0.5) is 0 Å². The molecule has 0 bridgehead atoms. The first-order valence-corrected chi connectivity index (χ1v) is 8.76. The lowest BCUT2D eigenvalue weighted by Crippen LogP contribution is -2.35. The van der Waals surface area contributed by atoms with Gasteiger partial charge in [-0.05, 0) is 58.3 Å². The molecule has 3 unspecified atom stereocenters. The molecule has 21 heavy (non-hydrogen) atoms. The van der Waals surface area contributed by atoms with Crippen molar-refractivity contribution in [2.45, 2.75) is 45.3 Å². The van der Waals surface area contributed by atoms with E-state index in [9.17, 15) is 0 Å². The maximum Gasteiger partial charge on any atom is 0.0707 e. The molecule has 2 aliphatic heterocycles. The molecule has 0 aromatic heterocycles. The third kappa shape index (κ3) is 6.23. The lowest BCUT2D eigenvalue weighted by molar-refractivity contribution is 0.0256. The SMILES string of the molecule is CC(C)CNCC1CCC(CN(C)CC2CCN(C)C2)O1. The second-order valence-electron chi connectivity index (χ2n) is 7.65. The van der Waals surface area contributed by atoms with Crippen LogP contribution in [-0.2, 0) is 4.74 Å². The zero-order valence-electron chi connectivity index (χ0n) is 14.5. The van der Waals surface area contributed by atoms with Crippen LogP contribution in [0.1, 0.15) is 33.1 Å². The van der Waals surface area contributed by atoms with Gasteiger partial charge in [-0.3, -0.25) is 0 Å². The first-order valence-electron chi connectivity index (χ1n) is 8.76. The van der Waals surface area contributed by atoms with E-state index in [1.165, 1.54) is 38.9 Å². The quantitative estimate of drug-likeness (QED) is 0.737. The van der Waals surface area contributed by atoms with Crippen molar-refractivity contribution in [3.8, 4) is 0 Å². The average Bonchev–Trinajstić information content (AvgIpc) is 2.98. The first kappa shape index (κ1) is 17.2. The first-order chi connectivity index (χ1) is 10.0. The fourth-order valence-corrected chi connectivity index (χ4v) is 3.64. The van der Waals surface area contributed by atoms with Crippen LogP contribution in [-0.4, -0.2) is 75.4 Å². The van der Waals surface area contributed by atoms with Gasteiger partial charge in [0.2, 0.25) is 0 Å². The van der Waals surface area contributed by atoms with Crippen LogP contribution >= 0.6 is 0 Å². The average molecular weight is 297 g/mol. The Morgan fingerprint density at radius 1 is 1.19 bits per heavy atom. The molecule has 2 saturated heterocycles. The summed E-state index contributed by atoms with van der Waals surface area (Å²) in [5, 5.41) is 3.52. The van der Waals surface area contributed by atoms with E-state index >= 15 is 0 Å². The summed E-state index contributed by atoms with van der Waals surface area (Å²) >= 11 is 0. The minimum Gasteiger partial charge on any atom is -0.372 e. The molecule has 0 amide bonds. The number of ether oxygens (including phenoxy) is 1. The summed E-state index contributed by atoms with van der Waals surface area (Å²) in [6.45, 7) is 11.5. The van der Waals surface area contributed by atoms with Crippen LogP contribution in [0.15, 0.2) is 0 Å². The van der Waals surface area contributed by atoms with Crippen molar-refractivity contribution >= 4 is 0 Å². The van der Waals surface area contributed by atoms with Crippen molar-refractivity contribution in [3.05, 3.63) is 0 Å². The van der Waals surface area contributed by atoms with Crippen molar-refractivity contribution in [1.82, 2.24) is 15.1 Å². The molecule has 0 saturated carbocycles. The molecular formula is C17H35N3O. The molecule has 124 valence electrons. The molecule has 2 heterocycles. The molecule has 0 radical (unpaired) electrons. The molecule has 2 rings (SSSR count). The van der Waals surface area contributed by atoms with Crippen molar-refractivity contribution in [2.75, 3.05) is 53.4 Å². The number of likely N-dealkylation sites (N-methyl/N-ethyl adjacent to an activating group) is 1. The minimum atomic E-state index is 0.430. The van der Waals surface area contributed by atoms with E-state index in [0.717, 1.165) is 31.5 Å². The van der Waals surface area contributed by atoms with Gasteiger partial charge in [-0.25, -0.2) is 0 Å². The zero-order chi connectivity index (χ0) is 15.2. The molecule has 0 aromatic carbocycles. The highest BCUT2D eigenvalue weighted by Crippen LogP contribution is 2.21. The summed E-state index contributed by atoms with van der Waals surface area (Å²) in [7, 11) is 4.49. The lowest BCUT2D eigenvalue weighted by atomic mass is 10.1. The van der Waals surface area contributed by atoms with Gasteiger partial charge in [-0.15, -0.1) is 0 Å². The topological polar surface area (TPSA) is 27.7 Å². The van der Waals surface area contributed by atoms with E-state index in [2.05, 4.69) is 43.1 Å². The molecule has 0 aromatic rings. The fourth-order valence-electron chi connectivity index (χ4n) is 3.64. The Morgan fingerprint density at radius 3 is 2.62 bits per heavy atom. The number of hydrogen-bond acceptors (Lipinski definition) is 4. The highest BCUT2D eigenvalue weighted by molar-refractivity contribution is 4.80. The monoisotopic (exact) mass is 297 g/mol. The van der Waals surface area contributed by atoms with E-state index in [1.54, 1.807) is 0 Å². The van der Waals surface area contributed by atoms with E-state index in [4.69, 9.17) is 4.74 Å². The summed E-state index contributed by atoms with van der Waals surface area (Å²) in [6.07, 6.45) is 4.67. The van der Waals surface area contributed by atoms with Gasteiger partial charge in [0.1, 0.15) is 0 Å². The molecular weight excluding hydrogens is 262 g/mol. The number of hydrogen-bond donors (Lipinski definition) is 1. The van der Waals surface area contributed by atoms with Crippen LogP contribution in [0.3, 0.4) is 0 Å². The molecule has 1 N–H and O–H groups in total. The van der Waals surface area contributed by atoms with Gasteiger partial charge in [0.15, 0.2) is 0 Å². The third-order valence-electron chi connectivity index (χ3n) is 4.69. The Kier molecular flexibility index (Phi) is 6.93. The molecule has 0 spiro atoms. The van der Waals surface area contributed by atoms with Crippen molar-refractivity contribution in [3.63, 3.8) is 0 Å². The summed E-state index contributed by atoms with van der Waals surface area (Å²) in [5.74, 6) is 1.57. The van der Waals surface area contributed by atoms with E-state index in [-0.39, 0.29) is 0 Å². The molecule has 2 fully saturated rings. The van der Waals surface area contributed by atoms with Gasteiger partial charge >= 0.3 is 0 Å². The standard InChI is InChI=1S/C17H35N3O/c1-14(2)9-18-10-16-5-6-17(21-16)13-20(4)12-15-7-8-19(3)11-15/h14-18H,5-13H2,1-4H3. The number of likely N-dealkylation sites (tertiary alicyclic amines) is 1. The van der Waals surface area contributed by atoms with Crippen LogP contribution in [0.5, 0.6) is 0 Å². The zero-order valence-corrected chi connectivity index (χ0v) is 14.5. The number of rotatable bonds is 8. The van der Waals surface area contributed by atoms with Crippen LogP contribution in [0.25, 0.3) is 0 Å². The second kappa shape index (κ2) is 8.47. The normalized spacial score (nSPS) is 30.9. The maximum atomic E-state index is 6.18. The predicted octanol–water partition coefficient (Wildman–Crippen LogP) is 1.66. The Morgan fingerprint density at radius 2 is 1.95 bits per heavy atom. The maximum absolute atomic E-state index is 6.18. The Labute approximate surface area is 131 Å². The summed E-state index contributed by atoms with van der Waals surface area (Å²) < 4.78 is 6.18. The van der Waals surface area contributed by atoms with Crippen molar-refractivity contribution < 1.29 is 4.74 Å². The highest BCUT2D eigenvalue weighted by atomic mass is 16.5. The second-order valence-corrected chi connectivity index (χ2v) is 7.65. The summed E-state index contributed by atoms with van der Waals surface area (Å²) in [6, 6.07) is 0. The Balaban J connectivity index is 1.58. The van der Waals surface area contributed by atoms with Gasteiger partial charge in [0.05, 0.1) is 12.2 Å². The van der Waals surface area contributed by atoms with Gasteiger partial charge < -0.3 is 19.9 Å². The number of nitrogens with one attached hydrogen (secondary N) is 1. The smallest absolute Gasteiger partial charge is 0.0707 e. The van der Waals surface area contributed by atoms with Gasteiger partial charge in [0, 0.05) is 26.2 Å². The van der Waals surface area contributed by atoms with Crippen molar-refractivity contribution in [2.24, 2.45) is 11.8 Å². The highest BCUT2D eigenvalue weighted by Gasteiger charge is 2.27. The van der Waals surface area contributed by atoms with Crippen LogP contribution < -0.4 is 5.32 Å². The van der Waals surface area contributed by atoms with E-state index < -0.39 is 0 Å². The molecule has 0 aliphatic carbocycles. The summed E-state index contributed by atoms with van der Waals surface area (Å²) in [4.78, 5) is 4.93. The largest absolute Gasteiger partial charge is 0.372 e. The van der Waals surface area contributed by atoms with Gasteiger partial charge in [-0.2, -0.15) is 0 Å². The predicted molar refractivity (Wildman–Crippen MR) is 88.7 cm³/mol. The van der Waals surface area contributed by atoms with Gasteiger partial charge in [0.25, 0.3) is 0 Å². The Bertz CT molecular complexity index is 298. The van der Waals surface area contributed by atoms with Crippen LogP contribution in [0.2, 0.25) is 0 Å². The lowest BCUT2D eigenvalue weighted by Gasteiger charge is -2.24. The minimum absolute atomic E-state index is 0.430. The number of nitrogens with zero attached hydrogens (tertiary/aromatic N) is 2. The molecule has 2 aliphatic rings. The fraction of sp³-hybridized carbons (Fsp3) is 1.00. The van der Waals surface area contributed by atoms with Crippen LogP contribution in [0, 0.1) is 11.8 Å². The van der Waals surface area contributed by atoms with Crippen molar-refractivity contribution in [1.29, 1.82) is 0 Å². The summed E-state index contributed by atoms with van der Waals surface area (Å²) in [5.41, 5.74) is 0. The molecule has 4 heteroatoms. The third-order valence-corrected chi connectivity index (χ3v) is 4.69. The Hall–Kier alpha value is -0.160. The van der Waals surface area contributed by atoms with Gasteiger partial charge in [-0.1, -0.05) is 13.8 Å². The van der Waals surface area contributed by atoms with E-state index in [1.807, 2.05) is 0 Å². The molecule has 4 nitrogen and oxygen atoms in total.